The molecule has 1 aromatic carbocycles. The number of ether oxygens (including phenoxy) is 1. The Morgan fingerprint density at radius 3 is 2.72 bits per heavy atom. The smallest absolute Gasteiger partial charge is 0.0950 e. The molecule has 3 heteroatoms. The van der Waals surface area contributed by atoms with E-state index < -0.39 is 0 Å². The van der Waals surface area contributed by atoms with E-state index >= 15 is 0 Å². The van der Waals surface area contributed by atoms with Gasteiger partial charge in [-0.15, -0.1) is 0 Å². The van der Waals surface area contributed by atoms with Gasteiger partial charge in [0.1, 0.15) is 0 Å². The summed E-state index contributed by atoms with van der Waals surface area (Å²) in [6.07, 6.45) is 6.83. The number of morpholine rings is 1. The summed E-state index contributed by atoms with van der Waals surface area (Å²) >= 11 is 3.52. The lowest BCUT2D eigenvalue weighted by Crippen LogP contribution is -2.55. The van der Waals surface area contributed by atoms with Crippen LogP contribution >= 0.6 is 15.9 Å². The fraction of sp³-hybridized carbons (Fsp3) is 0.600. The third kappa shape index (κ3) is 2.63. The number of hydrogen-bond acceptors (Lipinski definition) is 2. The van der Waals surface area contributed by atoms with Crippen molar-refractivity contribution >= 4 is 15.9 Å². The van der Waals surface area contributed by atoms with Crippen LogP contribution in [0.5, 0.6) is 0 Å². The standard InChI is InChI=1S/C15H20BrNO/c16-13-6-4-5-12(9-13)14-10-17-15(11-18-14)7-2-1-3-8-15/h4-6,9,14,17H,1-3,7-8,10-11H2. The van der Waals surface area contributed by atoms with E-state index in [1.807, 2.05) is 0 Å². The molecule has 98 valence electrons. The third-order valence-corrected chi connectivity index (χ3v) is 4.75. The van der Waals surface area contributed by atoms with Crippen LogP contribution in [0.15, 0.2) is 28.7 Å². The van der Waals surface area contributed by atoms with Gasteiger partial charge in [-0.05, 0) is 30.5 Å². The summed E-state index contributed by atoms with van der Waals surface area (Å²) in [6, 6.07) is 8.44. The van der Waals surface area contributed by atoms with Crippen molar-refractivity contribution in [3.05, 3.63) is 34.3 Å². The second kappa shape index (κ2) is 5.32. The van der Waals surface area contributed by atoms with Crippen molar-refractivity contribution in [3.63, 3.8) is 0 Å². The number of hydrogen-bond donors (Lipinski definition) is 1. The van der Waals surface area contributed by atoms with E-state index in [0.29, 0.717) is 0 Å². The Labute approximate surface area is 117 Å². The summed E-state index contributed by atoms with van der Waals surface area (Å²) in [4.78, 5) is 0. The molecule has 2 nitrogen and oxygen atoms in total. The molecule has 1 spiro atoms. The largest absolute Gasteiger partial charge is 0.370 e. The minimum absolute atomic E-state index is 0.204. The predicted octanol–water partition coefficient (Wildman–Crippen LogP) is 3.81. The zero-order valence-electron chi connectivity index (χ0n) is 10.6. The van der Waals surface area contributed by atoms with Crippen molar-refractivity contribution in [1.82, 2.24) is 5.32 Å². The zero-order chi connectivity index (χ0) is 12.4. The van der Waals surface area contributed by atoms with Crippen LogP contribution in [-0.4, -0.2) is 18.7 Å². The molecule has 18 heavy (non-hydrogen) atoms. The lowest BCUT2D eigenvalue weighted by atomic mass is 9.81. The van der Waals surface area contributed by atoms with Crippen molar-refractivity contribution in [3.8, 4) is 0 Å². The fourth-order valence-electron chi connectivity index (χ4n) is 3.15. The maximum Gasteiger partial charge on any atom is 0.0950 e. The summed E-state index contributed by atoms with van der Waals surface area (Å²) in [6.45, 7) is 1.81. The van der Waals surface area contributed by atoms with Gasteiger partial charge in [-0.1, -0.05) is 47.3 Å². The Bertz CT molecular complexity index is 405. The van der Waals surface area contributed by atoms with Gasteiger partial charge in [-0.25, -0.2) is 0 Å². The molecule has 0 radical (unpaired) electrons. The van der Waals surface area contributed by atoms with Crippen LogP contribution in [0.3, 0.4) is 0 Å². The van der Waals surface area contributed by atoms with E-state index in [0.717, 1.165) is 17.6 Å². The molecule has 1 N–H and O–H groups in total. The Morgan fingerprint density at radius 1 is 1.22 bits per heavy atom. The predicted molar refractivity (Wildman–Crippen MR) is 76.7 cm³/mol. The van der Waals surface area contributed by atoms with Crippen LogP contribution in [0.2, 0.25) is 0 Å². The molecule has 1 aliphatic carbocycles. The maximum atomic E-state index is 6.13. The van der Waals surface area contributed by atoms with Crippen molar-refractivity contribution in [2.24, 2.45) is 0 Å². The molecular formula is C15H20BrNO. The van der Waals surface area contributed by atoms with Crippen LogP contribution < -0.4 is 5.32 Å². The molecule has 0 aromatic heterocycles. The Balaban J connectivity index is 1.66. The van der Waals surface area contributed by atoms with E-state index in [4.69, 9.17) is 4.74 Å². The number of nitrogens with one attached hydrogen (secondary N) is 1. The molecular weight excluding hydrogens is 290 g/mol. The second-order valence-corrected chi connectivity index (χ2v) is 6.49. The minimum atomic E-state index is 0.204. The number of benzene rings is 1. The highest BCUT2D eigenvalue weighted by molar-refractivity contribution is 9.10. The van der Waals surface area contributed by atoms with Gasteiger partial charge in [0.2, 0.25) is 0 Å². The third-order valence-electron chi connectivity index (χ3n) is 4.25. The number of halogens is 1. The van der Waals surface area contributed by atoms with E-state index in [9.17, 15) is 0 Å². The highest BCUT2D eigenvalue weighted by atomic mass is 79.9. The summed E-state index contributed by atoms with van der Waals surface area (Å²) in [7, 11) is 0. The summed E-state index contributed by atoms with van der Waals surface area (Å²) in [5.74, 6) is 0. The number of rotatable bonds is 1. The first-order valence-electron chi connectivity index (χ1n) is 6.90. The van der Waals surface area contributed by atoms with Crippen LogP contribution in [0.25, 0.3) is 0 Å². The zero-order valence-corrected chi connectivity index (χ0v) is 12.2. The molecule has 1 aliphatic heterocycles. The monoisotopic (exact) mass is 309 g/mol. The van der Waals surface area contributed by atoms with Gasteiger partial charge in [-0.3, -0.25) is 0 Å². The van der Waals surface area contributed by atoms with Gasteiger partial charge in [0.05, 0.1) is 12.7 Å². The maximum absolute atomic E-state index is 6.13. The Morgan fingerprint density at radius 2 is 2.06 bits per heavy atom. The lowest BCUT2D eigenvalue weighted by Gasteiger charge is -2.43. The fourth-order valence-corrected chi connectivity index (χ4v) is 3.57. The van der Waals surface area contributed by atoms with Gasteiger partial charge in [0, 0.05) is 16.6 Å². The molecule has 1 atom stereocenters. The quantitative estimate of drug-likeness (QED) is 0.851. The van der Waals surface area contributed by atoms with Crippen molar-refractivity contribution in [2.45, 2.75) is 43.7 Å². The molecule has 2 fully saturated rings. The highest BCUT2D eigenvalue weighted by Crippen LogP contribution is 2.34. The molecule has 1 heterocycles. The normalized spacial score (nSPS) is 27.3. The van der Waals surface area contributed by atoms with Crippen LogP contribution in [0.4, 0.5) is 0 Å². The lowest BCUT2D eigenvalue weighted by molar-refractivity contribution is -0.0467. The van der Waals surface area contributed by atoms with Crippen LogP contribution in [0.1, 0.15) is 43.8 Å². The molecule has 1 aromatic rings. The molecule has 0 bridgehead atoms. The SMILES string of the molecule is Brc1cccc(C2CNC3(CCCCC3)CO2)c1. The average molecular weight is 310 g/mol. The average Bonchev–Trinajstić information content (AvgIpc) is 2.40. The topological polar surface area (TPSA) is 21.3 Å². The molecule has 2 aliphatic rings. The van der Waals surface area contributed by atoms with Crippen molar-refractivity contribution < 1.29 is 4.74 Å². The second-order valence-electron chi connectivity index (χ2n) is 5.58. The van der Waals surface area contributed by atoms with Gasteiger partial charge in [0.25, 0.3) is 0 Å². The van der Waals surface area contributed by atoms with Crippen molar-refractivity contribution in [2.75, 3.05) is 13.2 Å². The molecule has 1 saturated carbocycles. The molecule has 1 saturated heterocycles. The summed E-state index contributed by atoms with van der Waals surface area (Å²) in [5.41, 5.74) is 1.54. The molecule has 3 rings (SSSR count). The molecule has 1 unspecified atom stereocenters. The summed E-state index contributed by atoms with van der Waals surface area (Å²) < 4.78 is 7.26. The van der Waals surface area contributed by atoms with Gasteiger partial charge in [0.15, 0.2) is 0 Å². The Kier molecular flexibility index (Phi) is 3.73. The van der Waals surface area contributed by atoms with Gasteiger partial charge >= 0.3 is 0 Å². The van der Waals surface area contributed by atoms with Gasteiger partial charge < -0.3 is 10.1 Å². The van der Waals surface area contributed by atoms with Crippen LogP contribution in [0, 0.1) is 0 Å². The Hall–Kier alpha value is -0.380. The first kappa shape index (κ1) is 12.6. The minimum Gasteiger partial charge on any atom is -0.370 e. The molecule has 0 amide bonds. The first-order chi connectivity index (χ1) is 8.77. The highest BCUT2D eigenvalue weighted by Gasteiger charge is 2.36. The summed E-state index contributed by atoms with van der Waals surface area (Å²) in [5, 5.41) is 3.76. The van der Waals surface area contributed by atoms with Crippen LogP contribution in [-0.2, 0) is 4.74 Å². The van der Waals surface area contributed by atoms with Gasteiger partial charge in [-0.2, -0.15) is 0 Å². The first-order valence-corrected chi connectivity index (χ1v) is 7.69. The van der Waals surface area contributed by atoms with Crippen molar-refractivity contribution in [1.29, 1.82) is 0 Å². The van der Waals surface area contributed by atoms with E-state index in [1.54, 1.807) is 0 Å². The van der Waals surface area contributed by atoms with E-state index in [1.165, 1.54) is 37.7 Å². The van der Waals surface area contributed by atoms with E-state index in [2.05, 4.69) is 45.5 Å². The van der Waals surface area contributed by atoms with E-state index in [-0.39, 0.29) is 11.6 Å².